The van der Waals surface area contributed by atoms with Gasteiger partial charge in [-0.1, -0.05) is 18.3 Å². The zero-order valence-electron chi connectivity index (χ0n) is 7.07. The first kappa shape index (κ1) is 11.2. The van der Waals surface area contributed by atoms with E-state index in [1.807, 2.05) is 0 Å². The highest BCUT2D eigenvalue weighted by Gasteiger charge is 2.08. The van der Waals surface area contributed by atoms with Gasteiger partial charge in [-0.2, -0.15) is 0 Å². The van der Waals surface area contributed by atoms with E-state index >= 15 is 0 Å². The molecule has 1 unspecified atom stereocenters. The van der Waals surface area contributed by atoms with Crippen LogP contribution in [0.2, 0.25) is 0 Å². The molecule has 0 amide bonds. The van der Waals surface area contributed by atoms with Crippen LogP contribution < -0.4 is 5.73 Å². The van der Waals surface area contributed by atoms with Crippen LogP contribution in [0.3, 0.4) is 0 Å². The van der Waals surface area contributed by atoms with Crippen molar-refractivity contribution in [3.63, 3.8) is 0 Å². The van der Waals surface area contributed by atoms with E-state index in [0.717, 1.165) is 6.07 Å². The number of hydrogen-bond acceptors (Lipinski definition) is 2. The van der Waals surface area contributed by atoms with Gasteiger partial charge in [-0.3, -0.25) is 0 Å². The molecule has 0 aliphatic carbocycles. The molecule has 1 rings (SSSR count). The Morgan fingerprint density at radius 2 is 2.29 bits per heavy atom. The maximum Gasteiger partial charge on any atom is 0.157 e. The number of halogens is 1. The standard InChI is InChI=1S/C8H8FNO2S2/c9-6-2-1-5(4-14(11)12)7(3-6)8(10)13/h1-3H,4H2,(H2,10,13)(H,11,12). The van der Waals surface area contributed by atoms with Crippen molar-refractivity contribution in [1.82, 2.24) is 0 Å². The molecule has 3 nitrogen and oxygen atoms in total. The first-order valence-electron chi connectivity index (χ1n) is 3.66. The molecule has 0 fully saturated rings. The summed E-state index contributed by atoms with van der Waals surface area (Å²) >= 11 is 2.70. The van der Waals surface area contributed by atoms with E-state index in [-0.39, 0.29) is 10.7 Å². The second kappa shape index (κ2) is 4.59. The fourth-order valence-corrected chi connectivity index (χ4v) is 1.74. The fourth-order valence-electron chi connectivity index (χ4n) is 1.04. The third-order valence-electron chi connectivity index (χ3n) is 1.62. The molecule has 0 radical (unpaired) electrons. The Morgan fingerprint density at radius 1 is 1.64 bits per heavy atom. The molecule has 0 saturated heterocycles. The minimum atomic E-state index is -1.99. The molecule has 1 atom stereocenters. The van der Waals surface area contributed by atoms with Crippen molar-refractivity contribution >= 4 is 28.3 Å². The molecule has 0 heterocycles. The number of thiocarbonyl (C=S) groups is 1. The Labute approximate surface area is 88.4 Å². The molecule has 0 spiro atoms. The number of benzene rings is 1. The Kier molecular flexibility index (Phi) is 3.68. The van der Waals surface area contributed by atoms with Gasteiger partial charge in [0.05, 0.1) is 5.75 Å². The third-order valence-corrected chi connectivity index (χ3v) is 2.39. The highest BCUT2D eigenvalue weighted by molar-refractivity contribution is 7.80. The van der Waals surface area contributed by atoms with Crippen LogP contribution in [0.25, 0.3) is 0 Å². The lowest BCUT2D eigenvalue weighted by atomic mass is 10.1. The van der Waals surface area contributed by atoms with Crippen molar-refractivity contribution in [3.8, 4) is 0 Å². The van der Waals surface area contributed by atoms with Crippen LogP contribution in [0.1, 0.15) is 11.1 Å². The lowest BCUT2D eigenvalue weighted by Crippen LogP contribution is -2.13. The molecular weight excluding hydrogens is 225 g/mol. The fraction of sp³-hybridized carbons (Fsp3) is 0.125. The van der Waals surface area contributed by atoms with Gasteiger partial charge in [-0.25, -0.2) is 8.60 Å². The largest absolute Gasteiger partial charge is 0.389 e. The summed E-state index contributed by atoms with van der Waals surface area (Å²) in [5, 5.41) is 0. The minimum Gasteiger partial charge on any atom is -0.389 e. The molecule has 76 valence electrons. The molecule has 3 N–H and O–H groups in total. The van der Waals surface area contributed by atoms with Gasteiger partial charge in [-0.15, -0.1) is 0 Å². The Bertz CT molecular complexity index is 395. The topological polar surface area (TPSA) is 63.3 Å². The monoisotopic (exact) mass is 233 g/mol. The molecular formula is C8H8FNO2S2. The predicted molar refractivity (Wildman–Crippen MR) is 56.8 cm³/mol. The molecule has 0 aromatic heterocycles. The van der Waals surface area contributed by atoms with Crippen molar-refractivity contribution < 1.29 is 13.2 Å². The molecule has 0 aliphatic rings. The van der Waals surface area contributed by atoms with E-state index in [1.165, 1.54) is 12.1 Å². The van der Waals surface area contributed by atoms with Gasteiger partial charge >= 0.3 is 0 Å². The van der Waals surface area contributed by atoms with Crippen molar-refractivity contribution in [2.75, 3.05) is 0 Å². The zero-order chi connectivity index (χ0) is 10.7. The third kappa shape index (κ3) is 2.83. The van der Waals surface area contributed by atoms with E-state index < -0.39 is 16.9 Å². The van der Waals surface area contributed by atoms with Crippen molar-refractivity contribution in [3.05, 3.63) is 35.1 Å². The van der Waals surface area contributed by atoms with Gasteiger partial charge in [0.2, 0.25) is 0 Å². The molecule has 0 aliphatic heterocycles. The first-order chi connectivity index (χ1) is 6.50. The first-order valence-corrected chi connectivity index (χ1v) is 5.35. The number of rotatable bonds is 3. The van der Waals surface area contributed by atoms with Crippen LogP contribution in [-0.2, 0) is 16.8 Å². The summed E-state index contributed by atoms with van der Waals surface area (Å²) in [6.07, 6.45) is 0. The summed E-state index contributed by atoms with van der Waals surface area (Å²) in [6.45, 7) is 0. The number of hydrogen-bond donors (Lipinski definition) is 2. The van der Waals surface area contributed by atoms with E-state index in [9.17, 15) is 8.60 Å². The minimum absolute atomic E-state index is 0.0185. The van der Waals surface area contributed by atoms with Crippen LogP contribution >= 0.6 is 12.2 Å². The van der Waals surface area contributed by atoms with Gasteiger partial charge in [0.1, 0.15) is 10.8 Å². The Morgan fingerprint density at radius 3 is 2.79 bits per heavy atom. The smallest absolute Gasteiger partial charge is 0.157 e. The van der Waals surface area contributed by atoms with E-state index in [4.69, 9.17) is 22.5 Å². The van der Waals surface area contributed by atoms with Crippen LogP contribution in [0.5, 0.6) is 0 Å². The van der Waals surface area contributed by atoms with Gasteiger partial charge in [-0.05, 0) is 17.7 Å². The van der Waals surface area contributed by atoms with Crippen LogP contribution in [-0.4, -0.2) is 13.8 Å². The molecule has 1 aromatic carbocycles. The molecule has 0 bridgehead atoms. The van der Waals surface area contributed by atoms with Gasteiger partial charge in [0.25, 0.3) is 0 Å². The maximum atomic E-state index is 12.8. The lowest BCUT2D eigenvalue weighted by molar-refractivity contribution is 0.563. The molecule has 14 heavy (non-hydrogen) atoms. The highest BCUT2D eigenvalue weighted by Crippen LogP contribution is 2.13. The summed E-state index contributed by atoms with van der Waals surface area (Å²) in [5.74, 6) is -0.576. The summed E-state index contributed by atoms with van der Waals surface area (Å²) < 4.78 is 32.0. The normalized spacial score (nSPS) is 12.4. The van der Waals surface area contributed by atoms with Crippen molar-refractivity contribution in [2.24, 2.45) is 5.73 Å². The quantitative estimate of drug-likeness (QED) is 0.608. The predicted octanol–water partition coefficient (Wildman–Crippen LogP) is 1.18. The second-order valence-electron chi connectivity index (χ2n) is 2.63. The summed E-state index contributed by atoms with van der Waals surface area (Å²) in [6, 6.07) is 3.76. The average molecular weight is 233 g/mol. The Hall–Kier alpha value is -0.850. The lowest BCUT2D eigenvalue weighted by Gasteiger charge is -2.05. The summed E-state index contributed by atoms with van der Waals surface area (Å²) in [5.41, 5.74) is 6.12. The SMILES string of the molecule is NC(=S)c1cc(F)ccc1CS(=O)O. The van der Waals surface area contributed by atoms with Crippen molar-refractivity contribution in [1.29, 1.82) is 0 Å². The van der Waals surface area contributed by atoms with Crippen LogP contribution in [0.15, 0.2) is 18.2 Å². The van der Waals surface area contributed by atoms with Crippen molar-refractivity contribution in [2.45, 2.75) is 5.75 Å². The summed E-state index contributed by atoms with van der Waals surface area (Å²) in [4.78, 5) is 0.0185. The molecule has 0 saturated carbocycles. The van der Waals surface area contributed by atoms with Crippen LogP contribution in [0.4, 0.5) is 4.39 Å². The molecule has 1 aromatic rings. The average Bonchev–Trinajstić information content (AvgIpc) is 2.07. The van der Waals surface area contributed by atoms with Gasteiger partial charge < -0.3 is 10.3 Å². The van der Waals surface area contributed by atoms with Gasteiger partial charge in [0.15, 0.2) is 11.1 Å². The summed E-state index contributed by atoms with van der Waals surface area (Å²) in [7, 11) is 0. The van der Waals surface area contributed by atoms with E-state index in [1.54, 1.807) is 0 Å². The zero-order valence-corrected chi connectivity index (χ0v) is 8.70. The van der Waals surface area contributed by atoms with E-state index in [0.29, 0.717) is 11.1 Å². The van der Waals surface area contributed by atoms with Gasteiger partial charge in [0, 0.05) is 5.56 Å². The second-order valence-corrected chi connectivity index (χ2v) is 4.00. The Balaban J connectivity index is 3.14. The highest BCUT2D eigenvalue weighted by atomic mass is 32.2. The van der Waals surface area contributed by atoms with Crippen LogP contribution in [0, 0.1) is 5.82 Å². The number of nitrogens with two attached hydrogens (primary N) is 1. The molecule has 6 heteroatoms. The van der Waals surface area contributed by atoms with E-state index in [2.05, 4.69) is 0 Å². The maximum absolute atomic E-state index is 12.8.